The summed E-state index contributed by atoms with van der Waals surface area (Å²) in [5, 5.41) is 17.6. The number of rotatable bonds is 10. The zero-order chi connectivity index (χ0) is 41.7. The minimum Gasteiger partial charge on any atom is -0.671 e. The van der Waals surface area contributed by atoms with E-state index in [0.29, 0.717) is 29.6 Å². The Hall–Kier alpha value is -3.04. The fourth-order valence-corrected chi connectivity index (χ4v) is 7.02. The molecule has 5 aromatic rings. The number of fused-ring (bicyclic) bond motifs is 1. The molecule has 8 heteroatoms. The van der Waals surface area contributed by atoms with E-state index >= 15 is 0 Å². The second kappa shape index (κ2) is 24.0. The van der Waals surface area contributed by atoms with Gasteiger partial charge in [0.05, 0.1) is 5.52 Å². The minimum absolute atomic E-state index is 0. The van der Waals surface area contributed by atoms with Crippen LogP contribution in [0.2, 0.25) is 0 Å². The van der Waals surface area contributed by atoms with Gasteiger partial charge in [-0.25, -0.2) is 4.98 Å². The van der Waals surface area contributed by atoms with Gasteiger partial charge >= 0.3 is 0 Å². The molecule has 5 rings (SSSR count). The van der Waals surface area contributed by atoms with Gasteiger partial charge in [0.1, 0.15) is 5.82 Å². The first kappa shape index (κ1) is 51.0. The van der Waals surface area contributed by atoms with Crippen LogP contribution < -0.4 is 0 Å². The topological polar surface area (TPSA) is 79.2 Å². The van der Waals surface area contributed by atoms with Crippen molar-refractivity contribution in [3.8, 4) is 5.82 Å². The average molecular weight is 927 g/mol. The van der Waals surface area contributed by atoms with Crippen LogP contribution in [0.4, 0.5) is 5.69 Å². The second-order valence-electron chi connectivity index (χ2n) is 16.2. The number of hydrogen-bond donors (Lipinski definition) is 0. The van der Waals surface area contributed by atoms with Gasteiger partial charge in [-0.15, -0.1) is 5.69 Å². The molecule has 0 fully saturated rings. The van der Waals surface area contributed by atoms with E-state index in [1.807, 2.05) is 0 Å². The number of benzene rings is 3. The Morgan fingerprint density at radius 3 is 1.46 bits per heavy atom. The molecule has 0 aliphatic heterocycles. The number of aromatic nitrogens is 3. The molecule has 56 heavy (non-hydrogen) atoms. The Morgan fingerprint density at radius 1 is 0.589 bits per heavy atom. The summed E-state index contributed by atoms with van der Waals surface area (Å²) >= 11 is 0. The zero-order valence-corrected chi connectivity index (χ0v) is 42.0. The first-order chi connectivity index (χ1) is 26.0. The first-order valence-corrected chi connectivity index (χ1v) is 20.0. The van der Waals surface area contributed by atoms with Crippen molar-refractivity contribution in [2.24, 2.45) is 7.05 Å². The van der Waals surface area contributed by atoms with Gasteiger partial charge in [-0.1, -0.05) is 129 Å². The number of imidazole rings is 1. The van der Waals surface area contributed by atoms with Gasteiger partial charge in [0.25, 0.3) is 0 Å². The SMILES string of the molecule is C[N-]C.C[N-]C.C[N-]C.Cc1c(C)n(-c2cn(C)c(C([N-]c3c(C(C)C)cccc3C(C)C)c3c(C(C)C)cc(C(C)C)cc3C(C)C)n2)c2ccccc12.[Hf]. The van der Waals surface area contributed by atoms with Crippen LogP contribution in [-0.2, 0) is 32.9 Å². The van der Waals surface area contributed by atoms with Gasteiger partial charge in [-0.3, -0.25) is 4.57 Å². The number of aryl methyl sites for hydroxylation is 2. The summed E-state index contributed by atoms with van der Waals surface area (Å²) in [6.07, 6.45) is 2.20. The number of nitrogens with zero attached hydrogens (tertiary/aromatic N) is 7. The summed E-state index contributed by atoms with van der Waals surface area (Å²) in [5.41, 5.74) is 12.9. The zero-order valence-electron chi connectivity index (χ0n) is 38.4. The maximum absolute atomic E-state index is 5.87. The molecule has 0 aliphatic rings. The third kappa shape index (κ3) is 12.2. The molecule has 2 aromatic heterocycles. The predicted octanol–water partition coefficient (Wildman–Crippen LogP) is 14.2. The summed E-state index contributed by atoms with van der Waals surface area (Å²) in [4.78, 5) is 5.52. The molecule has 1 atom stereocenters. The summed E-state index contributed by atoms with van der Waals surface area (Å²) in [6.45, 7) is 27.5. The summed E-state index contributed by atoms with van der Waals surface area (Å²) in [6, 6.07) is 20.0. The predicted molar refractivity (Wildman–Crippen MR) is 243 cm³/mol. The average Bonchev–Trinajstić information content (AvgIpc) is 3.62. The minimum atomic E-state index is -0.268. The maximum atomic E-state index is 5.87. The van der Waals surface area contributed by atoms with E-state index < -0.39 is 0 Å². The van der Waals surface area contributed by atoms with Gasteiger partial charge in [-0.05, 0) is 83.4 Å². The summed E-state index contributed by atoms with van der Waals surface area (Å²) in [5.74, 6) is 3.74. The van der Waals surface area contributed by atoms with E-state index in [4.69, 9.17) is 10.3 Å². The molecule has 0 amide bonds. The van der Waals surface area contributed by atoms with Crippen LogP contribution in [0.15, 0.2) is 60.8 Å². The van der Waals surface area contributed by atoms with Gasteiger partial charge < -0.3 is 25.8 Å². The van der Waals surface area contributed by atoms with Crippen molar-refractivity contribution in [1.82, 2.24) is 14.1 Å². The Balaban J connectivity index is 0.00000143. The number of para-hydroxylation sites is 2. The van der Waals surface area contributed by atoms with Crippen LogP contribution >= 0.6 is 0 Å². The van der Waals surface area contributed by atoms with E-state index in [9.17, 15) is 0 Å². The van der Waals surface area contributed by atoms with Crippen molar-refractivity contribution in [2.75, 3.05) is 42.3 Å². The molecule has 0 saturated heterocycles. The quantitative estimate of drug-likeness (QED) is 0.129. The molecular weight excluding hydrogens is 853 g/mol. The molecule has 0 saturated carbocycles. The van der Waals surface area contributed by atoms with E-state index in [1.54, 1.807) is 42.3 Å². The fraction of sp³-hybridized carbons (Fsp3) is 0.521. The van der Waals surface area contributed by atoms with Gasteiger partial charge in [0.15, 0.2) is 5.82 Å². The molecule has 7 nitrogen and oxygen atoms in total. The normalized spacial score (nSPS) is 11.6. The third-order valence-electron chi connectivity index (χ3n) is 9.85. The molecule has 0 N–H and O–H groups in total. The monoisotopic (exact) mass is 928 g/mol. The largest absolute Gasteiger partial charge is 0.671 e. The molecule has 3 aromatic carbocycles. The maximum Gasteiger partial charge on any atom is 0.155 e. The van der Waals surface area contributed by atoms with Crippen molar-refractivity contribution in [1.29, 1.82) is 0 Å². The van der Waals surface area contributed by atoms with Gasteiger partial charge in [0.2, 0.25) is 0 Å². The Kier molecular flexibility index (Phi) is 21.9. The van der Waals surface area contributed by atoms with Gasteiger partial charge in [-0.2, -0.15) is 42.3 Å². The molecule has 0 aliphatic carbocycles. The van der Waals surface area contributed by atoms with Crippen molar-refractivity contribution >= 4 is 16.6 Å². The summed E-state index contributed by atoms with van der Waals surface area (Å²) in [7, 11) is 12.6. The first-order valence-electron chi connectivity index (χ1n) is 20.0. The van der Waals surface area contributed by atoms with Crippen molar-refractivity contribution in [2.45, 2.75) is 119 Å². The van der Waals surface area contributed by atoms with Crippen LogP contribution in [0, 0.1) is 13.8 Å². The van der Waals surface area contributed by atoms with Crippen LogP contribution in [0.3, 0.4) is 0 Å². The standard InChI is InChI=1S/C42H55N4.3C2H6N.Hf/c1-24(2)31-21-35(27(7)8)39(36(22-31)28(9)10)41(44-40-32(25(3)4)18-16-19-33(40)26(5)6)42-43-38(23-45(42)13)46-30(12)29(11)34-17-14-15-20-37(34)46;3*1-3-2;/h14-28,41H,1-13H3;3*1-2H3;/q4*-1;. The molecule has 308 valence electrons. The van der Waals surface area contributed by atoms with E-state index in [1.165, 1.54) is 55.5 Å². The molecular formula is C48H73HfN7-4. The van der Waals surface area contributed by atoms with Gasteiger partial charge in [0, 0.05) is 50.2 Å². The van der Waals surface area contributed by atoms with E-state index in [2.05, 4.69) is 176 Å². The van der Waals surface area contributed by atoms with E-state index in [-0.39, 0.29) is 31.9 Å². The fourth-order valence-electron chi connectivity index (χ4n) is 7.02. The smallest absolute Gasteiger partial charge is 0.155 e. The third-order valence-corrected chi connectivity index (χ3v) is 9.85. The molecule has 0 bridgehead atoms. The molecule has 2 heterocycles. The van der Waals surface area contributed by atoms with Crippen LogP contribution in [0.5, 0.6) is 0 Å². The van der Waals surface area contributed by atoms with Crippen LogP contribution in [0.1, 0.15) is 155 Å². The van der Waals surface area contributed by atoms with Crippen LogP contribution in [-0.4, -0.2) is 56.4 Å². The van der Waals surface area contributed by atoms with E-state index in [0.717, 1.165) is 17.3 Å². The van der Waals surface area contributed by atoms with Crippen molar-refractivity contribution in [3.63, 3.8) is 0 Å². The van der Waals surface area contributed by atoms with Crippen molar-refractivity contribution < 1.29 is 25.8 Å². The summed E-state index contributed by atoms with van der Waals surface area (Å²) < 4.78 is 4.55. The number of hydrogen-bond acceptors (Lipinski definition) is 1. The molecule has 0 spiro atoms. The van der Waals surface area contributed by atoms with Crippen LogP contribution in [0.25, 0.3) is 38.0 Å². The molecule has 0 radical (unpaired) electrons. The Bertz CT molecular complexity index is 1850. The second-order valence-corrected chi connectivity index (χ2v) is 16.2. The Morgan fingerprint density at radius 2 is 1.04 bits per heavy atom. The Labute approximate surface area is 361 Å². The van der Waals surface area contributed by atoms with Crippen molar-refractivity contribution in [3.05, 3.63) is 133 Å². The molecule has 1 unspecified atom stereocenters.